The van der Waals surface area contributed by atoms with E-state index in [0.717, 1.165) is 0 Å². The summed E-state index contributed by atoms with van der Waals surface area (Å²) in [7, 11) is 0. The van der Waals surface area contributed by atoms with Crippen LogP contribution in [-0.2, 0) is 19.1 Å². The van der Waals surface area contributed by atoms with Gasteiger partial charge in [0.1, 0.15) is 0 Å². The largest absolute Gasteiger partial charge is 0.463 e. The van der Waals surface area contributed by atoms with Gasteiger partial charge in [-0.15, -0.1) is 0 Å². The quantitative estimate of drug-likeness (QED) is 0.779. The van der Waals surface area contributed by atoms with Crippen LogP contribution in [0.5, 0.6) is 0 Å². The molecule has 0 bridgehead atoms. The van der Waals surface area contributed by atoms with Crippen molar-refractivity contribution in [3.05, 3.63) is 34.9 Å². The molecule has 1 aromatic rings. The van der Waals surface area contributed by atoms with Gasteiger partial charge in [-0.05, 0) is 37.1 Å². The van der Waals surface area contributed by atoms with Crippen LogP contribution in [0.25, 0.3) is 0 Å². The Hall–Kier alpha value is -2.08. The van der Waals surface area contributed by atoms with Crippen LogP contribution in [0.15, 0.2) is 24.3 Å². The minimum Gasteiger partial charge on any atom is -0.463 e. The third kappa shape index (κ3) is 3.70. The molecule has 0 aliphatic carbocycles. The van der Waals surface area contributed by atoms with Crippen molar-refractivity contribution in [2.45, 2.75) is 25.4 Å². The number of halogens is 1. The van der Waals surface area contributed by atoms with E-state index in [4.69, 9.17) is 21.1 Å². The van der Waals surface area contributed by atoms with Gasteiger partial charge >= 0.3 is 11.9 Å². The maximum atomic E-state index is 12.4. The van der Waals surface area contributed by atoms with Gasteiger partial charge in [-0.3, -0.25) is 9.59 Å². The summed E-state index contributed by atoms with van der Waals surface area (Å²) in [5.74, 6) is -1.21. The Labute approximate surface area is 144 Å². The number of carbonyl (C=O) groups is 3. The molecule has 2 saturated heterocycles. The van der Waals surface area contributed by atoms with Crippen molar-refractivity contribution in [2.24, 2.45) is 5.92 Å². The molecule has 0 aromatic heterocycles. The number of esters is 2. The van der Waals surface area contributed by atoms with Gasteiger partial charge in [0.2, 0.25) is 6.10 Å². The Morgan fingerprint density at radius 1 is 1.12 bits per heavy atom. The molecule has 2 aliphatic heterocycles. The summed E-state index contributed by atoms with van der Waals surface area (Å²) in [6.45, 7) is 1.26. The Balaban J connectivity index is 1.51. The summed E-state index contributed by atoms with van der Waals surface area (Å²) >= 11 is 5.83. The molecular formula is C17H18ClNO5. The van der Waals surface area contributed by atoms with E-state index in [1.54, 1.807) is 29.2 Å². The van der Waals surface area contributed by atoms with E-state index in [2.05, 4.69) is 0 Å². The smallest absolute Gasteiger partial charge is 0.347 e. The van der Waals surface area contributed by atoms with Gasteiger partial charge in [0.25, 0.3) is 5.91 Å². The van der Waals surface area contributed by atoms with E-state index >= 15 is 0 Å². The molecule has 1 aromatic carbocycles. The molecule has 1 amide bonds. The van der Waals surface area contributed by atoms with E-state index < -0.39 is 12.1 Å². The van der Waals surface area contributed by atoms with Gasteiger partial charge in [0.15, 0.2) is 0 Å². The van der Waals surface area contributed by atoms with Crippen LogP contribution >= 0.6 is 11.6 Å². The molecule has 2 aliphatic rings. The molecule has 0 spiro atoms. The number of rotatable bonds is 3. The highest BCUT2D eigenvalue weighted by molar-refractivity contribution is 6.30. The number of hydrogen-bond acceptors (Lipinski definition) is 5. The Bertz CT molecular complexity index is 637. The van der Waals surface area contributed by atoms with Crippen LogP contribution in [0.3, 0.4) is 0 Å². The number of benzene rings is 1. The number of cyclic esters (lactones) is 1. The monoisotopic (exact) mass is 351 g/mol. The first-order chi connectivity index (χ1) is 11.5. The van der Waals surface area contributed by atoms with Crippen molar-refractivity contribution in [3.63, 3.8) is 0 Å². The van der Waals surface area contributed by atoms with Gasteiger partial charge in [-0.1, -0.05) is 11.6 Å². The predicted molar refractivity (Wildman–Crippen MR) is 85.5 cm³/mol. The fourth-order valence-electron chi connectivity index (χ4n) is 2.91. The molecule has 0 N–H and O–H groups in total. The molecule has 7 heteroatoms. The first kappa shape index (κ1) is 16.8. The Morgan fingerprint density at radius 3 is 2.38 bits per heavy atom. The normalized spacial score (nSPS) is 21.5. The fraction of sp³-hybridized carbons (Fsp3) is 0.471. The molecule has 128 valence electrons. The second-order valence-corrected chi connectivity index (χ2v) is 6.39. The van der Waals surface area contributed by atoms with Crippen molar-refractivity contribution < 1.29 is 23.9 Å². The average molecular weight is 352 g/mol. The predicted octanol–water partition coefficient (Wildman–Crippen LogP) is 2.05. The SMILES string of the molecule is O=C(O[C@@H]1CCOC1=O)C1CCN(C(=O)c2ccc(Cl)cc2)CC1. The molecule has 6 nitrogen and oxygen atoms in total. The highest BCUT2D eigenvalue weighted by Crippen LogP contribution is 2.23. The van der Waals surface area contributed by atoms with E-state index in [0.29, 0.717) is 49.5 Å². The van der Waals surface area contributed by atoms with E-state index in [1.165, 1.54) is 0 Å². The van der Waals surface area contributed by atoms with Crippen LogP contribution in [0.2, 0.25) is 5.02 Å². The van der Waals surface area contributed by atoms with Crippen LogP contribution < -0.4 is 0 Å². The third-order valence-corrected chi connectivity index (χ3v) is 4.60. The zero-order valence-corrected chi connectivity index (χ0v) is 13.8. The summed E-state index contributed by atoms with van der Waals surface area (Å²) in [6, 6.07) is 6.74. The van der Waals surface area contributed by atoms with E-state index in [1.807, 2.05) is 0 Å². The highest BCUT2D eigenvalue weighted by atomic mass is 35.5. The molecule has 24 heavy (non-hydrogen) atoms. The minimum absolute atomic E-state index is 0.0714. The molecule has 3 rings (SSSR count). The van der Waals surface area contributed by atoms with Gasteiger partial charge in [0.05, 0.1) is 12.5 Å². The number of likely N-dealkylation sites (tertiary alicyclic amines) is 1. The third-order valence-electron chi connectivity index (χ3n) is 4.35. The minimum atomic E-state index is -0.772. The van der Waals surface area contributed by atoms with Gasteiger partial charge in [-0.2, -0.15) is 0 Å². The lowest BCUT2D eigenvalue weighted by molar-refractivity contribution is -0.164. The molecular weight excluding hydrogens is 334 g/mol. The van der Waals surface area contributed by atoms with Crippen LogP contribution in [-0.4, -0.2) is 48.5 Å². The van der Waals surface area contributed by atoms with Gasteiger partial charge in [0, 0.05) is 30.1 Å². The van der Waals surface area contributed by atoms with E-state index in [-0.39, 0.29) is 17.8 Å². The van der Waals surface area contributed by atoms with Gasteiger partial charge < -0.3 is 14.4 Å². The molecule has 2 fully saturated rings. The highest BCUT2D eigenvalue weighted by Gasteiger charge is 2.34. The molecule has 0 radical (unpaired) electrons. The lowest BCUT2D eigenvalue weighted by Gasteiger charge is -2.31. The second-order valence-electron chi connectivity index (χ2n) is 5.96. The van der Waals surface area contributed by atoms with Crippen molar-refractivity contribution in [1.29, 1.82) is 0 Å². The summed E-state index contributed by atoms with van der Waals surface area (Å²) in [6.07, 6.45) is 0.699. The second kappa shape index (κ2) is 7.21. The molecule has 0 saturated carbocycles. The summed E-state index contributed by atoms with van der Waals surface area (Å²) in [5.41, 5.74) is 0.578. The number of nitrogens with zero attached hydrogens (tertiary/aromatic N) is 1. The van der Waals surface area contributed by atoms with Crippen molar-refractivity contribution in [2.75, 3.05) is 19.7 Å². The number of piperidine rings is 1. The molecule has 1 atom stereocenters. The average Bonchev–Trinajstić information content (AvgIpc) is 3.00. The summed E-state index contributed by atoms with van der Waals surface area (Å²) in [5, 5.41) is 0.582. The number of hydrogen-bond donors (Lipinski definition) is 0. The topological polar surface area (TPSA) is 72.9 Å². The number of ether oxygens (including phenoxy) is 2. The van der Waals surface area contributed by atoms with Crippen LogP contribution in [0.1, 0.15) is 29.6 Å². The number of carbonyl (C=O) groups excluding carboxylic acids is 3. The van der Waals surface area contributed by atoms with Crippen molar-refractivity contribution in [1.82, 2.24) is 4.90 Å². The fourth-order valence-corrected chi connectivity index (χ4v) is 3.04. The molecule has 2 heterocycles. The summed E-state index contributed by atoms with van der Waals surface area (Å²) < 4.78 is 10.0. The standard InChI is InChI=1S/C17H18ClNO5/c18-13-3-1-11(2-4-13)15(20)19-8-5-12(6-9-19)16(21)24-14-7-10-23-17(14)22/h1-4,12,14H,5-10H2/t14-/m1/s1. The molecule has 0 unspecified atom stereocenters. The van der Waals surface area contributed by atoms with Crippen LogP contribution in [0, 0.1) is 5.92 Å². The maximum absolute atomic E-state index is 12.4. The van der Waals surface area contributed by atoms with Crippen molar-refractivity contribution >= 4 is 29.4 Å². The first-order valence-electron chi connectivity index (χ1n) is 7.96. The van der Waals surface area contributed by atoms with Gasteiger partial charge in [-0.25, -0.2) is 4.79 Å². The zero-order chi connectivity index (χ0) is 17.1. The van der Waals surface area contributed by atoms with Crippen molar-refractivity contribution in [3.8, 4) is 0 Å². The Kier molecular flexibility index (Phi) is 5.04. The maximum Gasteiger partial charge on any atom is 0.347 e. The number of amides is 1. The lowest BCUT2D eigenvalue weighted by Crippen LogP contribution is -2.41. The lowest BCUT2D eigenvalue weighted by atomic mass is 9.96. The van der Waals surface area contributed by atoms with Crippen LogP contribution in [0.4, 0.5) is 0 Å². The summed E-state index contributed by atoms with van der Waals surface area (Å²) in [4.78, 5) is 37.6. The first-order valence-corrected chi connectivity index (χ1v) is 8.34. The van der Waals surface area contributed by atoms with E-state index in [9.17, 15) is 14.4 Å². The zero-order valence-electron chi connectivity index (χ0n) is 13.1. The Morgan fingerprint density at radius 2 is 1.79 bits per heavy atom.